The number of fused-ring (bicyclic) bond motifs is 1. The van der Waals surface area contributed by atoms with Crippen LogP contribution in [0.3, 0.4) is 0 Å². The molecule has 0 fully saturated rings. The lowest BCUT2D eigenvalue weighted by molar-refractivity contribution is -0.136. The second-order valence-corrected chi connectivity index (χ2v) is 3.30. The first-order chi connectivity index (χ1) is 8.20. The quantitative estimate of drug-likeness (QED) is 0.859. The lowest BCUT2D eigenvalue weighted by atomic mass is 10.1. The summed E-state index contributed by atoms with van der Waals surface area (Å²) < 4.78 is 5.09. The third kappa shape index (κ3) is 3.00. The molecule has 2 rings (SSSR count). The van der Waals surface area contributed by atoms with E-state index in [-0.39, 0.29) is 6.42 Å². The second-order valence-electron chi connectivity index (χ2n) is 3.30. The molecule has 0 aliphatic carbocycles. The highest BCUT2D eigenvalue weighted by Gasteiger charge is 2.08. The van der Waals surface area contributed by atoms with Crippen molar-refractivity contribution in [1.82, 2.24) is 4.98 Å². The minimum absolute atomic E-state index is 0.0210. The largest absolute Gasteiger partial charge is 0.497 e. The number of hydrogen-bond donors (Lipinski definition) is 2. The molecule has 4 heteroatoms. The Hall–Kier alpha value is -1.97. The number of carboxylic acid groups (broad SMARTS) is 1. The van der Waals surface area contributed by atoms with Gasteiger partial charge in [-0.1, -0.05) is 13.8 Å². The predicted molar refractivity (Wildman–Crippen MR) is 67.5 cm³/mol. The minimum atomic E-state index is -0.835. The van der Waals surface area contributed by atoms with Gasteiger partial charge in [0.25, 0.3) is 0 Å². The van der Waals surface area contributed by atoms with Gasteiger partial charge in [-0.25, -0.2) is 0 Å². The normalized spacial score (nSPS) is 9.59. The monoisotopic (exact) mass is 235 g/mol. The Kier molecular flexibility index (Phi) is 4.57. The molecule has 0 radical (unpaired) electrons. The van der Waals surface area contributed by atoms with Crippen molar-refractivity contribution in [1.29, 1.82) is 0 Å². The standard InChI is InChI=1S/C11H11NO3.C2H6/c1-15-8-2-3-10-9(5-8)7(6-12-10)4-11(13)14;1-2/h2-3,5-6,12H,4H2,1H3,(H,13,14);1-2H3. The van der Waals surface area contributed by atoms with Gasteiger partial charge in [-0.15, -0.1) is 0 Å². The van der Waals surface area contributed by atoms with Crippen LogP contribution in [0.5, 0.6) is 5.75 Å². The zero-order chi connectivity index (χ0) is 12.8. The van der Waals surface area contributed by atoms with Crippen LogP contribution >= 0.6 is 0 Å². The number of carboxylic acids is 1. The first-order valence-corrected chi connectivity index (χ1v) is 5.56. The van der Waals surface area contributed by atoms with Crippen LogP contribution in [0.15, 0.2) is 24.4 Å². The molecule has 2 N–H and O–H groups in total. The number of aromatic nitrogens is 1. The molecule has 0 saturated carbocycles. The molecular weight excluding hydrogens is 218 g/mol. The Bertz CT molecular complexity index is 502. The van der Waals surface area contributed by atoms with Crippen LogP contribution in [0.2, 0.25) is 0 Å². The molecule has 2 aromatic rings. The van der Waals surface area contributed by atoms with E-state index < -0.39 is 5.97 Å². The molecule has 0 aliphatic heterocycles. The topological polar surface area (TPSA) is 62.3 Å². The fourth-order valence-electron chi connectivity index (χ4n) is 1.59. The highest BCUT2D eigenvalue weighted by Crippen LogP contribution is 2.23. The van der Waals surface area contributed by atoms with Gasteiger partial charge in [0.15, 0.2) is 0 Å². The third-order valence-electron chi connectivity index (χ3n) is 2.32. The summed E-state index contributed by atoms with van der Waals surface area (Å²) in [5.74, 6) is -0.104. The van der Waals surface area contributed by atoms with Gasteiger partial charge in [-0.2, -0.15) is 0 Å². The SMILES string of the molecule is CC.COc1ccc2[nH]cc(CC(=O)O)c2c1. The molecule has 0 atom stereocenters. The van der Waals surface area contributed by atoms with Gasteiger partial charge in [-0.3, -0.25) is 4.79 Å². The zero-order valence-electron chi connectivity index (χ0n) is 10.3. The number of aliphatic carboxylic acids is 1. The van der Waals surface area contributed by atoms with E-state index in [1.165, 1.54) is 0 Å². The maximum atomic E-state index is 10.6. The van der Waals surface area contributed by atoms with Crippen molar-refractivity contribution in [3.8, 4) is 5.75 Å². The molecule has 0 bridgehead atoms. The third-order valence-corrected chi connectivity index (χ3v) is 2.32. The van der Waals surface area contributed by atoms with E-state index in [1.54, 1.807) is 13.3 Å². The van der Waals surface area contributed by atoms with E-state index >= 15 is 0 Å². The van der Waals surface area contributed by atoms with Crippen molar-refractivity contribution in [3.05, 3.63) is 30.0 Å². The number of aromatic amines is 1. The first kappa shape index (κ1) is 13.1. The summed E-state index contributed by atoms with van der Waals surface area (Å²) in [6.45, 7) is 4.00. The molecular formula is C13H17NO3. The Labute approximate surface area is 100 Å². The average molecular weight is 235 g/mol. The number of nitrogens with one attached hydrogen (secondary N) is 1. The van der Waals surface area contributed by atoms with Crippen LogP contribution in [-0.4, -0.2) is 23.2 Å². The van der Waals surface area contributed by atoms with Crippen LogP contribution < -0.4 is 4.74 Å². The average Bonchev–Trinajstić information content (AvgIpc) is 2.73. The molecule has 17 heavy (non-hydrogen) atoms. The molecule has 0 unspecified atom stereocenters. The van der Waals surface area contributed by atoms with Crippen molar-refractivity contribution >= 4 is 16.9 Å². The van der Waals surface area contributed by atoms with E-state index in [1.807, 2.05) is 32.0 Å². The van der Waals surface area contributed by atoms with E-state index in [9.17, 15) is 4.79 Å². The molecule has 0 aliphatic rings. The Balaban J connectivity index is 0.000000686. The summed E-state index contributed by atoms with van der Waals surface area (Å²) in [7, 11) is 1.59. The molecule has 0 spiro atoms. The predicted octanol–water partition coefficient (Wildman–Crippen LogP) is 2.83. The van der Waals surface area contributed by atoms with Crippen LogP contribution in [0, 0.1) is 0 Å². The van der Waals surface area contributed by atoms with Crippen molar-refractivity contribution in [2.24, 2.45) is 0 Å². The zero-order valence-corrected chi connectivity index (χ0v) is 10.3. The first-order valence-electron chi connectivity index (χ1n) is 5.56. The summed E-state index contributed by atoms with van der Waals surface area (Å²) >= 11 is 0. The minimum Gasteiger partial charge on any atom is -0.497 e. The second kappa shape index (κ2) is 5.94. The molecule has 92 valence electrons. The van der Waals surface area contributed by atoms with Crippen LogP contribution in [0.25, 0.3) is 10.9 Å². The van der Waals surface area contributed by atoms with Crippen LogP contribution in [0.1, 0.15) is 19.4 Å². The lowest BCUT2D eigenvalue weighted by Crippen LogP contribution is -1.98. The van der Waals surface area contributed by atoms with E-state index in [0.717, 1.165) is 22.2 Å². The lowest BCUT2D eigenvalue weighted by Gasteiger charge is -2.00. The maximum Gasteiger partial charge on any atom is 0.307 e. The Morgan fingerprint density at radius 2 is 2.12 bits per heavy atom. The molecule has 1 heterocycles. The van der Waals surface area contributed by atoms with Gasteiger partial charge in [-0.05, 0) is 23.8 Å². The number of methoxy groups -OCH3 is 1. The highest BCUT2D eigenvalue weighted by molar-refractivity contribution is 5.87. The summed E-state index contributed by atoms with van der Waals surface area (Å²) in [6, 6.07) is 5.55. The van der Waals surface area contributed by atoms with Gasteiger partial charge in [0, 0.05) is 17.1 Å². The smallest absolute Gasteiger partial charge is 0.307 e. The highest BCUT2D eigenvalue weighted by atomic mass is 16.5. The number of hydrogen-bond acceptors (Lipinski definition) is 2. The fourth-order valence-corrected chi connectivity index (χ4v) is 1.59. The summed E-state index contributed by atoms with van der Waals surface area (Å²) in [5, 5.41) is 9.63. The molecule has 0 amide bonds. The van der Waals surface area contributed by atoms with Crippen molar-refractivity contribution in [3.63, 3.8) is 0 Å². The fraction of sp³-hybridized carbons (Fsp3) is 0.308. The van der Waals surface area contributed by atoms with E-state index in [4.69, 9.17) is 9.84 Å². The number of benzene rings is 1. The Morgan fingerprint density at radius 1 is 1.41 bits per heavy atom. The number of H-pyrrole nitrogens is 1. The van der Waals surface area contributed by atoms with E-state index in [0.29, 0.717) is 0 Å². The number of carbonyl (C=O) groups is 1. The number of rotatable bonds is 3. The van der Waals surface area contributed by atoms with Gasteiger partial charge in [0.1, 0.15) is 5.75 Å². The summed E-state index contributed by atoms with van der Waals surface area (Å²) in [4.78, 5) is 13.6. The van der Waals surface area contributed by atoms with Crippen molar-refractivity contribution < 1.29 is 14.6 Å². The van der Waals surface area contributed by atoms with Crippen LogP contribution in [-0.2, 0) is 11.2 Å². The Morgan fingerprint density at radius 3 is 2.71 bits per heavy atom. The summed E-state index contributed by atoms with van der Waals surface area (Å²) in [6.07, 6.45) is 1.74. The molecule has 0 saturated heterocycles. The van der Waals surface area contributed by atoms with Gasteiger partial charge in [0.2, 0.25) is 0 Å². The number of ether oxygens (including phenoxy) is 1. The van der Waals surface area contributed by atoms with Crippen molar-refractivity contribution in [2.45, 2.75) is 20.3 Å². The van der Waals surface area contributed by atoms with E-state index in [2.05, 4.69) is 4.98 Å². The maximum absolute atomic E-state index is 10.6. The summed E-state index contributed by atoms with van der Waals surface area (Å²) in [5.41, 5.74) is 1.70. The van der Waals surface area contributed by atoms with Gasteiger partial charge in [0.05, 0.1) is 13.5 Å². The molecule has 1 aromatic heterocycles. The van der Waals surface area contributed by atoms with Crippen LogP contribution in [0.4, 0.5) is 0 Å². The molecule has 1 aromatic carbocycles. The van der Waals surface area contributed by atoms with Gasteiger partial charge < -0.3 is 14.8 Å². The van der Waals surface area contributed by atoms with Gasteiger partial charge >= 0.3 is 5.97 Å². The van der Waals surface area contributed by atoms with Crippen molar-refractivity contribution in [2.75, 3.05) is 7.11 Å². The molecule has 4 nitrogen and oxygen atoms in total.